The maximum absolute atomic E-state index is 10.9. The highest BCUT2D eigenvalue weighted by Gasteiger charge is 2.39. The van der Waals surface area contributed by atoms with E-state index in [2.05, 4.69) is 0 Å². The summed E-state index contributed by atoms with van der Waals surface area (Å²) in [6.07, 6.45) is 3.60. The normalized spacial score (nSPS) is 31.3. The Hall–Kier alpha value is -0.585. The van der Waals surface area contributed by atoms with Gasteiger partial charge in [0.2, 0.25) is 0 Å². The number of aliphatic carboxylic acids is 1. The van der Waals surface area contributed by atoms with Gasteiger partial charge in [0, 0.05) is 0 Å². The Bertz CT molecular complexity index is 236. The topological polar surface area (TPSA) is 104 Å². The van der Waals surface area contributed by atoms with Crippen molar-refractivity contribution in [2.75, 3.05) is 0 Å². The first-order chi connectivity index (χ1) is 6.94. The highest BCUT2D eigenvalue weighted by atomic mass is 16.4. The first-order valence-electron chi connectivity index (χ1n) is 5.32. The van der Waals surface area contributed by atoms with Gasteiger partial charge in [-0.3, -0.25) is 4.79 Å². The fourth-order valence-electron chi connectivity index (χ4n) is 2.25. The number of hydrogen-bond donors (Lipinski definition) is 4. The highest BCUT2D eigenvalue weighted by Crippen LogP contribution is 2.33. The molecule has 0 spiro atoms. The van der Waals surface area contributed by atoms with Crippen molar-refractivity contribution in [2.24, 2.45) is 11.7 Å². The van der Waals surface area contributed by atoms with Crippen molar-refractivity contribution in [3.63, 3.8) is 0 Å². The maximum atomic E-state index is 10.9. The molecule has 86 valence electrons. The van der Waals surface area contributed by atoms with E-state index in [1.54, 1.807) is 0 Å². The van der Waals surface area contributed by atoms with Crippen LogP contribution in [0.5, 0.6) is 0 Å². The molecule has 0 bridgehead atoms. The molecule has 1 fully saturated rings. The first kappa shape index (κ1) is 12.5. The summed E-state index contributed by atoms with van der Waals surface area (Å²) in [5.41, 5.74) is 4.67. The van der Waals surface area contributed by atoms with Crippen LogP contribution in [0.4, 0.5) is 0 Å². The van der Waals surface area contributed by atoms with Crippen LogP contribution < -0.4 is 5.73 Å². The zero-order valence-electron chi connectivity index (χ0n) is 8.72. The molecule has 1 aliphatic carbocycles. The van der Waals surface area contributed by atoms with Crippen LogP contribution in [0.1, 0.15) is 32.1 Å². The molecule has 0 aromatic carbocycles. The van der Waals surface area contributed by atoms with Crippen molar-refractivity contribution in [2.45, 2.75) is 44.0 Å². The highest BCUT2D eigenvalue weighted by molar-refractivity contribution is 6.40. The van der Waals surface area contributed by atoms with E-state index in [9.17, 15) is 4.79 Å². The Morgan fingerprint density at radius 2 is 2.20 bits per heavy atom. The second-order valence-corrected chi connectivity index (χ2v) is 4.48. The van der Waals surface area contributed by atoms with Crippen molar-refractivity contribution in [3.05, 3.63) is 0 Å². The third-order valence-corrected chi connectivity index (χ3v) is 3.15. The Labute approximate surface area is 89.4 Å². The van der Waals surface area contributed by atoms with Gasteiger partial charge in [0.05, 0.1) is 0 Å². The average molecular weight is 215 g/mol. The third kappa shape index (κ3) is 3.48. The lowest BCUT2D eigenvalue weighted by molar-refractivity contribution is -0.145. The lowest BCUT2D eigenvalue weighted by atomic mass is 9.71. The summed E-state index contributed by atoms with van der Waals surface area (Å²) in [5, 5.41) is 26.4. The fourth-order valence-corrected chi connectivity index (χ4v) is 2.25. The molecular formula is C9H18BNO4. The van der Waals surface area contributed by atoms with Crippen molar-refractivity contribution >= 4 is 13.1 Å². The summed E-state index contributed by atoms with van der Waals surface area (Å²) in [4.78, 5) is 10.9. The SMILES string of the molecule is NC1(C(=O)O)CCCC(CCB(O)O)C1. The maximum Gasteiger partial charge on any atom is 0.451 e. The molecule has 5 N–H and O–H groups in total. The van der Waals surface area contributed by atoms with Gasteiger partial charge in [-0.25, -0.2) is 0 Å². The minimum absolute atomic E-state index is 0.196. The second-order valence-electron chi connectivity index (χ2n) is 4.48. The molecule has 0 amide bonds. The van der Waals surface area contributed by atoms with E-state index >= 15 is 0 Å². The van der Waals surface area contributed by atoms with Gasteiger partial charge >= 0.3 is 13.1 Å². The van der Waals surface area contributed by atoms with Crippen LogP contribution in [0.2, 0.25) is 6.32 Å². The number of hydrogen-bond acceptors (Lipinski definition) is 4. The summed E-state index contributed by atoms with van der Waals surface area (Å²) >= 11 is 0. The molecule has 15 heavy (non-hydrogen) atoms. The Morgan fingerprint density at radius 1 is 1.53 bits per heavy atom. The smallest absolute Gasteiger partial charge is 0.451 e. The van der Waals surface area contributed by atoms with Crippen LogP contribution in [-0.4, -0.2) is 33.8 Å². The molecule has 2 unspecified atom stereocenters. The van der Waals surface area contributed by atoms with Crippen molar-refractivity contribution in [1.29, 1.82) is 0 Å². The monoisotopic (exact) mass is 215 g/mol. The van der Waals surface area contributed by atoms with Crippen LogP contribution in [0.25, 0.3) is 0 Å². The molecule has 0 aliphatic heterocycles. The lowest BCUT2D eigenvalue weighted by Gasteiger charge is -2.34. The van der Waals surface area contributed by atoms with Crippen molar-refractivity contribution < 1.29 is 19.9 Å². The van der Waals surface area contributed by atoms with Crippen LogP contribution in [0.15, 0.2) is 0 Å². The third-order valence-electron chi connectivity index (χ3n) is 3.15. The molecule has 0 aromatic rings. The summed E-state index contributed by atoms with van der Waals surface area (Å²) < 4.78 is 0. The molecular weight excluding hydrogens is 197 g/mol. The molecule has 5 nitrogen and oxygen atoms in total. The van der Waals surface area contributed by atoms with Gasteiger partial charge in [0.15, 0.2) is 0 Å². The van der Waals surface area contributed by atoms with Gasteiger partial charge in [0.1, 0.15) is 5.54 Å². The number of rotatable bonds is 4. The predicted octanol–water partition coefficient (Wildman–Crippen LogP) is -0.178. The van der Waals surface area contributed by atoms with Crippen molar-refractivity contribution in [3.8, 4) is 0 Å². The predicted molar refractivity (Wildman–Crippen MR) is 56.1 cm³/mol. The number of carboxylic acids is 1. The van der Waals surface area contributed by atoms with E-state index in [4.69, 9.17) is 20.9 Å². The van der Waals surface area contributed by atoms with Crippen LogP contribution >= 0.6 is 0 Å². The molecule has 1 rings (SSSR count). The molecule has 2 atom stereocenters. The Balaban J connectivity index is 2.45. The van der Waals surface area contributed by atoms with E-state index < -0.39 is 18.6 Å². The fraction of sp³-hybridized carbons (Fsp3) is 0.889. The zero-order valence-corrected chi connectivity index (χ0v) is 8.72. The molecule has 0 heterocycles. The molecule has 6 heteroatoms. The quantitative estimate of drug-likeness (QED) is 0.487. The van der Waals surface area contributed by atoms with E-state index in [1.807, 2.05) is 0 Å². The molecule has 1 saturated carbocycles. The largest absolute Gasteiger partial charge is 0.480 e. The number of nitrogens with two attached hydrogens (primary N) is 1. The zero-order chi connectivity index (χ0) is 11.5. The van der Waals surface area contributed by atoms with Gasteiger partial charge in [-0.05, 0) is 25.1 Å². The summed E-state index contributed by atoms with van der Waals surface area (Å²) in [6, 6.07) is 0. The van der Waals surface area contributed by atoms with E-state index in [1.165, 1.54) is 0 Å². The molecule has 0 radical (unpaired) electrons. The van der Waals surface area contributed by atoms with Crippen LogP contribution in [-0.2, 0) is 4.79 Å². The van der Waals surface area contributed by atoms with E-state index in [0.717, 1.165) is 12.8 Å². The minimum Gasteiger partial charge on any atom is -0.480 e. The van der Waals surface area contributed by atoms with Crippen LogP contribution in [0, 0.1) is 5.92 Å². The molecule has 1 aliphatic rings. The van der Waals surface area contributed by atoms with E-state index in [0.29, 0.717) is 25.6 Å². The standard InChI is InChI=1S/C9H18BNO4/c11-9(8(12)13)4-1-2-7(6-9)3-5-10(14)15/h7,14-15H,1-6,11H2,(H,12,13). The average Bonchev–Trinajstić information content (AvgIpc) is 2.15. The van der Waals surface area contributed by atoms with Gasteiger partial charge in [-0.1, -0.05) is 19.3 Å². The summed E-state index contributed by atoms with van der Waals surface area (Å²) in [7, 11) is -1.30. The van der Waals surface area contributed by atoms with Gasteiger partial charge in [-0.15, -0.1) is 0 Å². The van der Waals surface area contributed by atoms with E-state index in [-0.39, 0.29) is 5.92 Å². The van der Waals surface area contributed by atoms with Gasteiger partial charge < -0.3 is 20.9 Å². The minimum atomic E-state index is -1.30. The van der Waals surface area contributed by atoms with Crippen molar-refractivity contribution in [1.82, 2.24) is 0 Å². The van der Waals surface area contributed by atoms with Gasteiger partial charge in [-0.2, -0.15) is 0 Å². The number of carbonyl (C=O) groups is 1. The Morgan fingerprint density at radius 3 is 2.73 bits per heavy atom. The molecule has 0 saturated heterocycles. The Kier molecular flexibility index (Phi) is 4.13. The number of carboxylic acid groups (broad SMARTS) is 1. The summed E-state index contributed by atoms with van der Waals surface area (Å²) in [5.74, 6) is -0.751. The summed E-state index contributed by atoms with van der Waals surface area (Å²) in [6.45, 7) is 0. The van der Waals surface area contributed by atoms with Crippen LogP contribution in [0.3, 0.4) is 0 Å². The van der Waals surface area contributed by atoms with Gasteiger partial charge in [0.25, 0.3) is 0 Å². The first-order valence-corrected chi connectivity index (χ1v) is 5.32. The lowest BCUT2D eigenvalue weighted by Crippen LogP contribution is -2.51. The molecule has 0 aromatic heterocycles. The second kappa shape index (κ2) is 4.96.